The number of halogens is 1. The van der Waals surface area contributed by atoms with E-state index in [4.69, 9.17) is 21.1 Å². The number of amides is 1. The Morgan fingerprint density at radius 2 is 1.88 bits per heavy atom. The number of nitrogens with one attached hydrogen (secondary N) is 1. The van der Waals surface area contributed by atoms with Crippen LogP contribution in [0.25, 0.3) is 0 Å². The fourth-order valence-electron chi connectivity index (χ4n) is 2.19. The molecule has 5 nitrogen and oxygen atoms in total. The highest BCUT2D eigenvalue weighted by molar-refractivity contribution is 6.32. The van der Waals surface area contributed by atoms with E-state index in [2.05, 4.69) is 5.32 Å². The van der Waals surface area contributed by atoms with Gasteiger partial charge < -0.3 is 14.8 Å². The van der Waals surface area contributed by atoms with Crippen molar-refractivity contribution in [3.05, 3.63) is 59.1 Å². The molecule has 1 N–H and O–H groups in total. The van der Waals surface area contributed by atoms with E-state index in [9.17, 15) is 9.59 Å². The summed E-state index contributed by atoms with van der Waals surface area (Å²) in [5.41, 5.74) is 1.55. The molecule has 0 aliphatic carbocycles. The van der Waals surface area contributed by atoms with Crippen LogP contribution >= 0.6 is 11.6 Å². The van der Waals surface area contributed by atoms with Crippen LogP contribution in [0, 0.1) is 0 Å². The summed E-state index contributed by atoms with van der Waals surface area (Å²) in [7, 11) is 1.51. The monoisotopic (exact) mass is 361 g/mol. The molecule has 0 saturated carbocycles. The third-order valence-electron chi connectivity index (χ3n) is 3.56. The van der Waals surface area contributed by atoms with E-state index < -0.39 is 18.0 Å². The molecule has 0 radical (unpaired) electrons. The smallest absolute Gasteiger partial charge is 0.306 e. The van der Waals surface area contributed by atoms with E-state index in [0.29, 0.717) is 22.9 Å². The molecule has 0 aliphatic heterocycles. The average Bonchev–Trinajstić information content (AvgIpc) is 2.61. The Morgan fingerprint density at radius 1 is 1.16 bits per heavy atom. The first-order valence-corrected chi connectivity index (χ1v) is 8.25. The average molecular weight is 362 g/mol. The summed E-state index contributed by atoms with van der Waals surface area (Å²) in [5, 5.41) is 3.04. The van der Waals surface area contributed by atoms with Crippen molar-refractivity contribution >= 4 is 29.2 Å². The fourth-order valence-corrected chi connectivity index (χ4v) is 2.45. The highest BCUT2D eigenvalue weighted by Gasteiger charge is 2.18. The summed E-state index contributed by atoms with van der Waals surface area (Å²) in [4.78, 5) is 24.0. The molecular weight excluding hydrogens is 342 g/mol. The second-order valence-corrected chi connectivity index (χ2v) is 5.86. The zero-order valence-corrected chi connectivity index (χ0v) is 14.9. The molecule has 0 bridgehead atoms. The maximum absolute atomic E-state index is 12.1. The largest absolute Gasteiger partial charge is 0.495 e. The maximum atomic E-state index is 12.1. The lowest BCUT2D eigenvalue weighted by Gasteiger charge is -2.14. The van der Waals surface area contributed by atoms with Gasteiger partial charge in [-0.05, 0) is 37.1 Å². The van der Waals surface area contributed by atoms with E-state index in [1.807, 2.05) is 30.3 Å². The second kappa shape index (κ2) is 9.08. The van der Waals surface area contributed by atoms with Crippen LogP contribution < -0.4 is 10.1 Å². The Hall–Kier alpha value is -2.53. The highest BCUT2D eigenvalue weighted by atomic mass is 35.5. The molecule has 0 spiro atoms. The van der Waals surface area contributed by atoms with Crippen LogP contribution in [0.1, 0.15) is 18.9 Å². The zero-order valence-electron chi connectivity index (χ0n) is 14.1. The van der Waals surface area contributed by atoms with Gasteiger partial charge >= 0.3 is 5.97 Å². The standard InChI is InChI=1S/C19H20ClNO4/c1-13(25-18(22)11-8-14-6-4-3-5-7-14)19(23)21-15-9-10-17(24-2)16(20)12-15/h3-7,9-10,12-13H,8,11H2,1-2H3,(H,21,23)/t13-/m1/s1. The van der Waals surface area contributed by atoms with Gasteiger partial charge in [0.2, 0.25) is 0 Å². The van der Waals surface area contributed by atoms with Gasteiger partial charge in [-0.2, -0.15) is 0 Å². The minimum absolute atomic E-state index is 0.218. The number of esters is 1. The van der Waals surface area contributed by atoms with Crippen molar-refractivity contribution in [2.24, 2.45) is 0 Å². The van der Waals surface area contributed by atoms with E-state index in [1.54, 1.807) is 18.2 Å². The summed E-state index contributed by atoms with van der Waals surface area (Å²) in [6, 6.07) is 14.5. The number of aryl methyl sites for hydroxylation is 1. The van der Waals surface area contributed by atoms with Gasteiger partial charge in [-0.15, -0.1) is 0 Å². The van der Waals surface area contributed by atoms with E-state index in [1.165, 1.54) is 14.0 Å². The second-order valence-electron chi connectivity index (χ2n) is 5.46. The zero-order chi connectivity index (χ0) is 18.2. The molecule has 0 fully saturated rings. The van der Waals surface area contributed by atoms with E-state index >= 15 is 0 Å². The Morgan fingerprint density at radius 3 is 2.52 bits per heavy atom. The van der Waals surface area contributed by atoms with Crippen LogP contribution in [-0.4, -0.2) is 25.1 Å². The third-order valence-corrected chi connectivity index (χ3v) is 3.85. The van der Waals surface area contributed by atoms with Gasteiger partial charge in [0.15, 0.2) is 6.10 Å². The molecule has 1 amide bonds. The lowest BCUT2D eigenvalue weighted by Crippen LogP contribution is -2.30. The number of benzene rings is 2. The molecule has 25 heavy (non-hydrogen) atoms. The van der Waals surface area contributed by atoms with Gasteiger partial charge in [0.1, 0.15) is 5.75 Å². The summed E-state index contributed by atoms with van der Waals surface area (Å²) in [6.45, 7) is 1.53. The van der Waals surface area contributed by atoms with Crippen molar-refractivity contribution in [3.8, 4) is 5.75 Å². The van der Waals surface area contributed by atoms with Crippen LogP contribution in [0.3, 0.4) is 0 Å². The van der Waals surface area contributed by atoms with Gasteiger partial charge in [-0.3, -0.25) is 9.59 Å². The number of hydrogen-bond acceptors (Lipinski definition) is 4. The summed E-state index contributed by atoms with van der Waals surface area (Å²) in [6.07, 6.45) is -0.109. The molecule has 2 aromatic carbocycles. The fraction of sp³-hybridized carbons (Fsp3) is 0.263. The van der Waals surface area contributed by atoms with Gasteiger partial charge in [0, 0.05) is 12.1 Å². The lowest BCUT2D eigenvalue weighted by molar-refractivity contribution is -0.153. The predicted octanol–water partition coefficient (Wildman–Crippen LogP) is 3.85. The Labute approximate surface area is 151 Å². The SMILES string of the molecule is COc1ccc(NC(=O)[C@@H](C)OC(=O)CCc2ccccc2)cc1Cl. The maximum Gasteiger partial charge on any atom is 0.306 e. The number of carbonyl (C=O) groups excluding carboxylic acids is 2. The van der Waals surface area contributed by atoms with Crippen molar-refractivity contribution < 1.29 is 19.1 Å². The van der Waals surface area contributed by atoms with Gasteiger partial charge in [-0.25, -0.2) is 0 Å². The minimum Gasteiger partial charge on any atom is -0.495 e. The molecule has 6 heteroatoms. The highest BCUT2D eigenvalue weighted by Crippen LogP contribution is 2.27. The third kappa shape index (κ3) is 5.80. The van der Waals surface area contributed by atoms with E-state index in [0.717, 1.165) is 5.56 Å². The molecule has 2 rings (SSSR count). The molecule has 0 aliphatic rings. The number of carbonyl (C=O) groups is 2. The summed E-state index contributed by atoms with van der Waals surface area (Å²) in [5.74, 6) is -0.325. The molecular formula is C19H20ClNO4. The summed E-state index contributed by atoms with van der Waals surface area (Å²) < 4.78 is 10.2. The number of anilines is 1. The Kier molecular flexibility index (Phi) is 6.83. The van der Waals surface area contributed by atoms with Crippen molar-refractivity contribution in [2.45, 2.75) is 25.9 Å². The van der Waals surface area contributed by atoms with Gasteiger partial charge in [0.05, 0.1) is 12.1 Å². The number of ether oxygens (including phenoxy) is 2. The molecule has 1 atom stereocenters. The molecule has 0 saturated heterocycles. The molecule has 2 aromatic rings. The molecule has 0 aromatic heterocycles. The van der Waals surface area contributed by atoms with Crippen molar-refractivity contribution in [1.82, 2.24) is 0 Å². The minimum atomic E-state index is -0.899. The molecule has 0 unspecified atom stereocenters. The normalized spacial score (nSPS) is 11.5. The number of rotatable bonds is 7. The lowest BCUT2D eigenvalue weighted by atomic mass is 10.1. The number of methoxy groups -OCH3 is 1. The predicted molar refractivity (Wildman–Crippen MR) is 97.0 cm³/mol. The van der Waals surface area contributed by atoms with Crippen molar-refractivity contribution in [2.75, 3.05) is 12.4 Å². The first kappa shape index (κ1) is 18.8. The Bertz CT molecular complexity index is 733. The van der Waals surface area contributed by atoms with Gasteiger partial charge in [0.25, 0.3) is 5.91 Å². The topological polar surface area (TPSA) is 64.6 Å². The van der Waals surface area contributed by atoms with Gasteiger partial charge in [-0.1, -0.05) is 41.9 Å². The van der Waals surface area contributed by atoms with Crippen LogP contribution in [0.15, 0.2) is 48.5 Å². The molecule has 132 valence electrons. The van der Waals surface area contributed by atoms with Crippen LogP contribution in [-0.2, 0) is 20.7 Å². The Balaban J connectivity index is 1.83. The van der Waals surface area contributed by atoms with Crippen molar-refractivity contribution in [1.29, 1.82) is 0 Å². The van der Waals surface area contributed by atoms with Crippen molar-refractivity contribution in [3.63, 3.8) is 0 Å². The van der Waals surface area contributed by atoms with E-state index in [-0.39, 0.29) is 6.42 Å². The number of hydrogen-bond donors (Lipinski definition) is 1. The summed E-state index contributed by atoms with van der Waals surface area (Å²) >= 11 is 6.01. The first-order valence-electron chi connectivity index (χ1n) is 7.87. The first-order chi connectivity index (χ1) is 12.0. The quantitative estimate of drug-likeness (QED) is 0.761. The van der Waals surface area contributed by atoms with Crippen LogP contribution in [0.2, 0.25) is 5.02 Å². The molecule has 0 heterocycles. The van der Waals surface area contributed by atoms with Crippen LogP contribution in [0.5, 0.6) is 5.75 Å². The van der Waals surface area contributed by atoms with Crippen LogP contribution in [0.4, 0.5) is 5.69 Å².